The summed E-state index contributed by atoms with van der Waals surface area (Å²) in [5, 5.41) is 3.44. The van der Waals surface area contributed by atoms with Crippen molar-refractivity contribution in [1.29, 1.82) is 0 Å². The molecule has 0 aliphatic heterocycles. The van der Waals surface area contributed by atoms with Crippen molar-refractivity contribution in [3.8, 4) is 0 Å². The van der Waals surface area contributed by atoms with Crippen LogP contribution in [0.2, 0.25) is 0 Å². The van der Waals surface area contributed by atoms with Crippen LogP contribution in [-0.2, 0) is 13.1 Å². The molecule has 2 aromatic rings. The van der Waals surface area contributed by atoms with Crippen molar-refractivity contribution in [3.05, 3.63) is 63.9 Å². The molecule has 0 saturated carbocycles. The molecule has 1 aromatic heterocycles. The molecule has 0 saturated heterocycles. The number of nitrogens with one attached hydrogen (secondary N) is 1. The lowest BCUT2D eigenvalue weighted by molar-refractivity contribution is 0.689. The second-order valence-electron chi connectivity index (χ2n) is 4.04. The van der Waals surface area contributed by atoms with E-state index in [2.05, 4.69) is 57.4 Å². The summed E-state index contributed by atoms with van der Waals surface area (Å²) in [6.07, 6.45) is 3.74. The summed E-state index contributed by atoms with van der Waals surface area (Å²) in [6, 6.07) is 10.4. The molecule has 0 spiro atoms. The van der Waals surface area contributed by atoms with Crippen molar-refractivity contribution in [2.75, 3.05) is 0 Å². The third-order valence-electron chi connectivity index (χ3n) is 2.67. The minimum absolute atomic E-state index is 0.876. The molecule has 2 nitrogen and oxygen atoms in total. The number of pyridine rings is 1. The molecule has 1 heterocycles. The van der Waals surface area contributed by atoms with E-state index in [4.69, 9.17) is 0 Å². The molecule has 1 aromatic carbocycles. The van der Waals surface area contributed by atoms with Crippen LogP contribution in [0.3, 0.4) is 0 Å². The van der Waals surface area contributed by atoms with Gasteiger partial charge in [0, 0.05) is 30.0 Å². The standard InChI is InChI=1S/C14H15BrN2/c1-11-8-16-6-5-13(11)10-17-9-12-3-2-4-14(15)7-12/h2-8,17H,9-10H2,1H3. The first-order chi connectivity index (χ1) is 8.25. The van der Waals surface area contributed by atoms with Gasteiger partial charge in [0.05, 0.1) is 0 Å². The summed E-state index contributed by atoms with van der Waals surface area (Å²) < 4.78 is 1.12. The highest BCUT2D eigenvalue weighted by Crippen LogP contribution is 2.11. The number of benzene rings is 1. The number of rotatable bonds is 4. The first kappa shape index (κ1) is 12.3. The third kappa shape index (κ3) is 3.65. The smallest absolute Gasteiger partial charge is 0.0300 e. The monoisotopic (exact) mass is 290 g/mol. The summed E-state index contributed by atoms with van der Waals surface area (Å²) in [7, 11) is 0. The number of aryl methyl sites for hydroxylation is 1. The molecule has 0 amide bonds. The Morgan fingerprint density at radius 2 is 2.12 bits per heavy atom. The topological polar surface area (TPSA) is 24.9 Å². The molecule has 17 heavy (non-hydrogen) atoms. The maximum Gasteiger partial charge on any atom is 0.0300 e. The zero-order valence-corrected chi connectivity index (χ0v) is 11.4. The fourth-order valence-corrected chi connectivity index (χ4v) is 2.14. The van der Waals surface area contributed by atoms with Gasteiger partial charge in [-0.05, 0) is 41.8 Å². The molecule has 0 bridgehead atoms. The molecule has 88 valence electrons. The van der Waals surface area contributed by atoms with Gasteiger partial charge >= 0.3 is 0 Å². The van der Waals surface area contributed by atoms with Gasteiger partial charge in [0.2, 0.25) is 0 Å². The minimum Gasteiger partial charge on any atom is -0.309 e. The van der Waals surface area contributed by atoms with Gasteiger partial charge in [0.1, 0.15) is 0 Å². The van der Waals surface area contributed by atoms with Gasteiger partial charge in [-0.2, -0.15) is 0 Å². The first-order valence-electron chi connectivity index (χ1n) is 5.60. The lowest BCUT2D eigenvalue weighted by Crippen LogP contribution is -2.13. The third-order valence-corrected chi connectivity index (χ3v) is 3.16. The molecule has 1 N–H and O–H groups in total. The van der Waals surface area contributed by atoms with E-state index in [0.29, 0.717) is 0 Å². The second kappa shape index (κ2) is 5.94. The second-order valence-corrected chi connectivity index (χ2v) is 4.95. The lowest BCUT2D eigenvalue weighted by atomic mass is 10.1. The van der Waals surface area contributed by atoms with Crippen LogP contribution in [0.5, 0.6) is 0 Å². The molecule has 0 atom stereocenters. The van der Waals surface area contributed by atoms with Crippen LogP contribution in [0.25, 0.3) is 0 Å². The highest BCUT2D eigenvalue weighted by atomic mass is 79.9. The van der Waals surface area contributed by atoms with Crippen LogP contribution in [0.15, 0.2) is 47.2 Å². The molecule has 0 radical (unpaired) electrons. The van der Waals surface area contributed by atoms with Crippen molar-refractivity contribution < 1.29 is 0 Å². The van der Waals surface area contributed by atoms with Crippen molar-refractivity contribution >= 4 is 15.9 Å². The van der Waals surface area contributed by atoms with Gasteiger partial charge in [-0.1, -0.05) is 28.1 Å². The Labute approximate surface area is 110 Å². The number of hydrogen-bond donors (Lipinski definition) is 1. The van der Waals surface area contributed by atoms with E-state index < -0.39 is 0 Å². The van der Waals surface area contributed by atoms with Gasteiger partial charge in [-0.3, -0.25) is 4.98 Å². The van der Waals surface area contributed by atoms with Crippen LogP contribution in [0.1, 0.15) is 16.7 Å². The normalized spacial score (nSPS) is 10.5. The Hall–Kier alpha value is -1.19. The maximum absolute atomic E-state index is 4.09. The Balaban J connectivity index is 1.90. The fourth-order valence-electron chi connectivity index (χ4n) is 1.69. The SMILES string of the molecule is Cc1cnccc1CNCc1cccc(Br)c1. The molecule has 0 aliphatic carbocycles. The predicted molar refractivity (Wildman–Crippen MR) is 73.7 cm³/mol. The molecular weight excluding hydrogens is 276 g/mol. The summed E-state index contributed by atoms with van der Waals surface area (Å²) >= 11 is 3.47. The Bertz CT molecular complexity index is 497. The predicted octanol–water partition coefficient (Wildman–Crippen LogP) is 3.44. The summed E-state index contributed by atoms with van der Waals surface area (Å²) in [4.78, 5) is 4.09. The van der Waals surface area contributed by atoms with E-state index in [9.17, 15) is 0 Å². The Morgan fingerprint density at radius 3 is 2.88 bits per heavy atom. The highest BCUT2D eigenvalue weighted by Gasteiger charge is 1.98. The summed E-state index contributed by atoms with van der Waals surface area (Å²) in [5.41, 5.74) is 3.82. The van der Waals surface area contributed by atoms with E-state index in [-0.39, 0.29) is 0 Å². The largest absolute Gasteiger partial charge is 0.309 e. The molecule has 3 heteroatoms. The molecule has 0 aliphatic rings. The Morgan fingerprint density at radius 1 is 1.24 bits per heavy atom. The average Bonchev–Trinajstić information content (AvgIpc) is 2.32. The number of hydrogen-bond acceptors (Lipinski definition) is 2. The number of nitrogens with zero attached hydrogens (tertiary/aromatic N) is 1. The maximum atomic E-state index is 4.09. The van der Waals surface area contributed by atoms with E-state index >= 15 is 0 Å². The van der Waals surface area contributed by atoms with Crippen molar-refractivity contribution in [3.63, 3.8) is 0 Å². The zero-order valence-electron chi connectivity index (χ0n) is 9.78. The molecule has 0 fully saturated rings. The van der Waals surface area contributed by atoms with Crippen LogP contribution >= 0.6 is 15.9 Å². The molecule has 0 unspecified atom stereocenters. The van der Waals surface area contributed by atoms with Crippen LogP contribution in [0, 0.1) is 6.92 Å². The van der Waals surface area contributed by atoms with E-state index in [0.717, 1.165) is 17.6 Å². The number of aromatic nitrogens is 1. The van der Waals surface area contributed by atoms with Crippen molar-refractivity contribution in [2.45, 2.75) is 20.0 Å². The van der Waals surface area contributed by atoms with Crippen molar-refractivity contribution in [1.82, 2.24) is 10.3 Å². The van der Waals surface area contributed by atoms with Gasteiger partial charge in [-0.25, -0.2) is 0 Å². The quantitative estimate of drug-likeness (QED) is 0.933. The van der Waals surface area contributed by atoms with Crippen LogP contribution in [0.4, 0.5) is 0 Å². The van der Waals surface area contributed by atoms with Gasteiger partial charge < -0.3 is 5.32 Å². The highest BCUT2D eigenvalue weighted by molar-refractivity contribution is 9.10. The van der Waals surface area contributed by atoms with E-state index in [1.807, 2.05) is 18.5 Å². The van der Waals surface area contributed by atoms with Crippen LogP contribution in [-0.4, -0.2) is 4.98 Å². The first-order valence-corrected chi connectivity index (χ1v) is 6.39. The summed E-state index contributed by atoms with van der Waals surface area (Å²) in [5.74, 6) is 0. The zero-order chi connectivity index (χ0) is 12.1. The fraction of sp³-hybridized carbons (Fsp3) is 0.214. The minimum atomic E-state index is 0.876. The molecular formula is C14H15BrN2. The number of halogens is 1. The van der Waals surface area contributed by atoms with E-state index in [1.165, 1.54) is 16.7 Å². The Kier molecular flexibility index (Phi) is 4.29. The van der Waals surface area contributed by atoms with Gasteiger partial charge in [-0.15, -0.1) is 0 Å². The average molecular weight is 291 g/mol. The van der Waals surface area contributed by atoms with Crippen LogP contribution < -0.4 is 5.32 Å². The van der Waals surface area contributed by atoms with Gasteiger partial charge in [0.15, 0.2) is 0 Å². The van der Waals surface area contributed by atoms with Crippen molar-refractivity contribution in [2.24, 2.45) is 0 Å². The van der Waals surface area contributed by atoms with E-state index in [1.54, 1.807) is 0 Å². The van der Waals surface area contributed by atoms with Gasteiger partial charge in [0.25, 0.3) is 0 Å². The molecule has 2 rings (SSSR count). The summed E-state index contributed by atoms with van der Waals surface area (Å²) in [6.45, 7) is 3.84. The lowest BCUT2D eigenvalue weighted by Gasteiger charge is -2.07.